The summed E-state index contributed by atoms with van der Waals surface area (Å²) in [6.45, 7) is 0.520. The number of methoxy groups -OCH3 is 1. The van der Waals surface area contributed by atoms with E-state index >= 15 is 0 Å². The molecule has 3 rings (SSSR count). The van der Waals surface area contributed by atoms with E-state index in [1.54, 1.807) is 18.2 Å². The van der Waals surface area contributed by atoms with E-state index in [0.717, 1.165) is 11.3 Å². The van der Waals surface area contributed by atoms with Crippen molar-refractivity contribution in [2.24, 2.45) is 0 Å². The SMILES string of the molecule is COC(=O)C1(C=O)Cc2c(ccn2Cc2ccc(Cl)c(Cl)c2)O1. The van der Waals surface area contributed by atoms with Gasteiger partial charge in [0.05, 0.1) is 22.8 Å². The van der Waals surface area contributed by atoms with Crippen molar-refractivity contribution >= 4 is 35.5 Å². The quantitative estimate of drug-likeness (QED) is 0.481. The maximum atomic E-state index is 11.9. The topological polar surface area (TPSA) is 57.5 Å². The van der Waals surface area contributed by atoms with Gasteiger partial charge >= 0.3 is 5.97 Å². The normalized spacial score (nSPS) is 19.1. The van der Waals surface area contributed by atoms with Gasteiger partial charge in [0.25, 0.3) is 5.60 Å². The van der Waals surface area contributed by atoms with Crippen LogP contribution in [0.1, 0.15) is 11.3 Å². The summed E-state index contributed by atoms with van der Waals surface area (Å²) in [5, 5.41) is 0.961. The molecule has 2 aromatic rings. The van der Waals surface area contributed by atoms with Crippen LogP contribution in [0.2, 0.25) is 10.0 Å². The number of carbonyl (C=O) groups is 2. The third-order valence-electron chi connectivity index (χ3n) is 3.82. The summed E-state index contributed by atoms with van der Waals surface area (Å²) in [6.07, 6.45) is 2.45. The molecule has 0 amide bonds. The molecule has 23 heavy (non-hydrogen) atoms. The highest BCUT2D eigenvalue weighted by Gasteiger charge is 2.49. The zero-order valence-corrected chi connectivity index (χ0v) is 13.7. The third-order valence-corrected chi connectivity index (χ3v) is 4.56. The highest BCUT2D eigenvalue weighted by atomic mass is 35.5. The molecule has 2 heterocycles. The van der Waals surface area contributed by atoms with Gasteiger partial charge in [-0.3, -0.25) is 4.79 Å². The Morgan fingerprint density at radius 2 is 2.17 bits per heavy atom. The fourth-order valence-electron chi connectivity index (χ4n) is 2.63. The molecule has 0 saturated carbocycles. The number of aromatic nitrogens is 1. The summed E-state index contributed by atoms with van der Waals surface area (Å²) in [6, 6.07) is 7.09. The van der Waals surface area contributed by atoms with E-state index in [2.05, 4.69) is 4.74 Å². The number of benzene rings is 1. The second kappa shape index (κ2) is 5.91. The van der Waals surface area contributed by atoms with Crippen molar-refractivity contribution in [3.63, 3.8) is 0 Å². The Morgan fingerprint density at radius 3 is 2.83 bits per heavy atom. The molecule has 5 nitrogen and oxygen atoms in total. The van der Waals surface area contributed by atoms with Gasteiger partial charge in [-0.25, -0.2) is 4.79 Å². The van der Waals surface area contributed by atoms with Crippen molar-refractivity contribution in [3.8, 4) is 5.75 Å². The first-order valence-corrected chi connectivity index (χ1v) is 7.60. The van der Waals surface area contributed by atoms with Crippen LogP contribution in [0.3, 0.4) is 0 Å². The minimum absolute atomic E-state index is 0.132. The van der Waals surface area contributed by atoms with E-state index < -0.39 is 11.6 Å². The van der Waals surface area contributed by atoms with Crippen molar-refractivity contribution in [2.75, 3.05) is 7.11 Å². The Kier molecular flexibility index (Phi) is 4.08. The fourth-order valence-corrected chi connectivity index (χ4v) is 2.95. The number of carbonyl (C=O) groups excluding carboxylic acids is 2. The average Bonchev–Trinajstić information content (AvgIpc) is 3.09. The average molecular weight is 354 g/mol. The molecule has 0 aliphatic carbocycles. The van der Waals surface area contributed by atoms with Crippen LogP contribution in [0.15, 0.2) is 30.5 Å². The minimum atomic E-state index is -1.60. The van der Waals surface area contributed by atoms with Crippen molar-refractivity contribution in [1.82, 2.24) is 4.57 Å². The highest BCUT2D eigenvalue weighted by molar-refractivity contribution is 6.42. The first-order chi connectivity index (χ1) is 11.0. The van der Waals surface area contributed by atoms with E-state index in [1.165, 1.54) is 7.11 Å². The molecule has 0 fully saturated rings. The molecule has 0 N–H and O–H groups in total. The van der Waals surface area contributed by atoms with E-state index in [9.17, 15) is 9.59 Å². The zero-order chi connectivity index (χ0) is 16.6. The number of hydrogen-bond acceptors (Lipinski definition) is 4. The summed E-state index contributed by atoms with van der Waals surface area (Å²) in [5.41, 5.74) is 0.105. The highest BCUT2D eigenvalue weighted by Crippen LogP contribution is 2.36. The van der Waals surface area contributed by atoms with Crippen LogP contribution in [0.5, 0.6) is 5.75 Å². The van der Waals surface area contributed by atoms with E-state index in [4.69, 9.17) is 27.9 Å². The maximum absolute atomic E-state index is 11.9. The number of ether oxygens (including phenoxy) is 2. The minimum Gasteiger partial charge on any atom is -0.466 e. The third kappa shape index (κ3) is 2.71. The predicted octanol–water partition coefficient (Wildman–Crippen LogP) is 2.89. The van der Waals surface area contributed by atoms with Gasteiger partial charge in [0.15, 0.2) is 6.29 Å². The molecule has 0 bridgehead atoms. The van der Waals surface area contributed by atoms with Crippen LogP contribution < -0.4 is 4.74 Å². The first-order valence-electron chi connectivity index (χ1n) is 6.85. The number of rotatable bonds is 4. The van der Waals surface area contributed by atoms with Crippen LogP contribution in [0.25, 0.3) is 0 Å². The summed E-state index contributed by atoms with van der Waals surface area (Å²) in [5.74, 6) is -0.202. The van der Waals surface area contributed by atoms with Crippen LogP contribution in [-0.2, 0) is 27.3 Å². The molecule has 1 aromatic heterocycles. The summed E-state index contributed by atoms with van der Waals surface area (Å²) >= 11 is 11.9. The van der Waals surface area contributed by atoms with Crippen molar-refractivity contribution in [2.45, 2.75) is 18.6 Å². The van der Waals surface area contributed by atoms with Gasteiger partial charge in [-0.2, -0.15) is 0 Å². The fraction of sp³-hybridized carbons (Fsp3) is 0.250. The van der Waals surface area contributed by atoms with Crippen molar-refractivity contribution < 1.29 is 19.1 Å². The second-order valence-corrected chi connectivity index (χ2v) is 6.10. The molecule has 0 spiro atoms. The van der Waals surface area contributed by atoms with Crippen LogP contribution in [0.4, 0.5) is 0 Å². The lowest BCUT2D eigenvalue weighted by molar-refractivity contribution is -0.159. The van der Waals surface area contributed by atoms with Crippen molar-refractivity contribution in [1.29, 1.82) is 0 Å². The Balaban J connectivity index is 1.88. The zero-order valence-electron chi connectivity index (χ0n) is 12.2. The number of hydrogen-bond donors (Lipinski definition) is 0. The molecule has 1 aliphatic rings. The smallest absolute Gasteiger partial charge is 0.358 e. The Hall–Kier alpha value is -1.98. The molecule has 120 valence electrons. The van der Waals surface area contributed by atoms with Crippen molar-refractivity contribution in [3.05, 3.63) is 51.8 Å². The molecule has 0 saturated heterocycles. The largest absolute Gasteiger partial charge is 0.466 e. The molecule has 7 heteroatoms. The lowest BCUT2D eigenvalue weighted by Crippen LogP contribution is -2.46. The monoisotopic (exact) mass is 353 g/mol. The van der Waals surface area contributed by atoms with Gasteiger partial charge in [-0.1, -0.05) is 29.3 Å². The number of fused-ring (bicyclic) bond motifs is 1. The van der Waals surface area contributed by atoms with Gasteiger partial charge in [0, 0.05) is 19.2 Å². The molecule has 1 aliphatic heterocycles. The molecule has 1 unspecified atom stereocenters. The van der Waals surface area contributed by atoms with Gasteiger partial charge < -0.3 is 14.0 Å². The molecular formula is C16H13Cl2NO4. The van der Waals surface area contributed by atoms with Crippen LogP contribution in [0, 0.1) is 0 Å². The van der Waals surface area contributed by atoms with Gasteiger partial charge in [0.1, 0.15) is 5.75 Å². The predicted molar refractivity (Wildman–Crippen MR) is 85.1 cm³/mol. The lowest BCUT2D eigenvalue weighted by Gasteiger charge is -2.19. The number of nitrogens with zero attached hydrogens (tertiary/aromatic N) is 1. The Bertz CT molecular complexity index is 786. The first kappa shape index (κ1) is 15.9. The molecule has 1 aromatic carbocycles. The molecular weight excluding hydrogens is 341 g/mol. The van der Waals surface area contributed by atoms with Gasteiger partial charge in [-0.05, 0) is 23.8 Å². The van der Waals surface area contributed by atoms with E-state index in [1.807, 2.05) is 16.8 Å². The van der Waals surface area contributed by atoms with E-state index in [-0.39, 0.29) is 6.42 Å². The van der Waals surface area contributed by atoms with Crippen LogP contribution in [-0.4, -0.2) is 29.5 Å². The molecule has 0 radical (unpaired) electrons. The summed E-state index contributed by atoms with van der Waals surface area (Å²) in [7, 11) is 1.23. The maximum Gasteiger partial charge on any atom is 0.358 e. The summed E-state index contributed by atoms with van der Waals surface area (Å²) in [4.78, 5) is 23.2. The van der Waals surface area contributed by atoms with Gasteiger partial charge in [-0.15, -0.1) is 0 Å². The lowest BCUT2D eigenvalue weighted by atomic mass is 10.0. The van der Waals surface area contributed by atoms with Crippen LogP contribution >= 0.6 is 23.2 Å². The number of esters is 1. The van der Waals surface area contributed by atoms with E-state index in [0.29, 0.717) is 28.6 Å². The second-order valence-electron chi connectivity index (χ2n) is 5.28. The van der Waals surface area contributed by atoms with Gasteiger partial charge in [0.2, 0.25) is 0 Å². The standard InChI is InChI=1S/C16H13Cl2NO4/c1-22-15(21)16(9-20)7-13-14(23-16)4-5-19(13)8-10-2-3-11(17)12(18)6-10/h2-6,9H,7-8H2,1H3. The molecule has 1 atom stereocenters. The Morgan fingerprint density at radius 1 is 1.39 bits per heavy atom. The number of aldehydes is 1. The summed E-state index contributed by atoms with van der Waals surface area (Å²) < 4.78 is 12.1. The number of halogens is 2. The Labute approximate surface area is 142 Å².